The maximum atomic E-state index is 12.5. The van der Waals surface area contributed by atoms with Gasteiger partial charge in [0.15, 0.2) is 0 Å². The molecule has 0 bridgehead atoms. The standard InChI is InChI=1S/C22H22N4O4/c1-25-18-5-3-4-6-19(18)26(22(29)21(25)28)13-20(27)23-10-9-14-12-24-17-8-7-15(30-2)11-16(14)17/h3-8,11-12,24H,9-10,13H2,1-2H3,(H,23,27). The second-order valence-electron chi connectivity index (χ2n) is 7.07. The molecule has 0 atom stereocenters. The van der Waals surface area contributed by atoms with E-state index in [2.05, 4.69) is 10.3 Å². The van der Waals surface area contributed by atoms with Crippen LogP contribution in [-0.4, -0.2) is 33.7 Å². The Balaban J connectivity index is 1.49. The number of nitrogens with zero attached hydrogens (tertiary/aromatic N) is 2. The number of nitrogens with one attached hydrogen (secondary N) is 2. The number of hydrogen-bond donors (Lipinski definition) is 2. The predicted molar refractivity (Wildman–Crippen MR) is 115 cm³/mol. The van der Waals surface area contributed by atoms with Crippen LogP contribution in [0.3, 0.4) is 0 Å². The van der Waals surface area contributed by atoms with Gasteiger partial charge in [-0.25, -0.2) is 0 Å². The van der Waals surface area contributed by atoms with Crippen molar-refractivity contribution in [2.45, 2.75) is 13.0 Å². The molecule has 0 spiro atoms. The summed E-state index contributed by atoms with van der Waals surface area (Å²) in [5.74, 6) is 0.442. The van der Waals surface area contributed by atoms with Crippen LogP contribution in [0.2, 0.25) is 0 Å². The zero-order valence-electron chi connectivity index (χ0n) is 16.8. The smallest absolute Gasteiger partial charge is 0.317 e. The maximum absolute atomic E-state index is 12.5. The van der Waals surface area contributed by atoms with Gasteiger partial charge in [-0.05, 0) is 42.3 Å². The van der Waals surface area contributed by atoms with E-state index in [4.69, 9.17) is 4.74 Å². The topological polar surface area (TPSA) is 98.1 Å². The lowest BCUT2D eigenvalue weighted by Gasteiger charge is -2.12. The predicted octanol–water partition coefficient (Wildman–Crippen LogP) is 1.55. The molecule has 8 heteroatoms. The molecule has 2 aromatic heterocycles. The Morgan fingerprint density at radius 3 is 2.63 bits per heavy atom. The first kappa shape index (κ1) is 19.5. The lowest BCUT2D eigenvalue weighted by molar-refractivity contribution is -0.121. The van der Waals surface area contributed by atoms with Crippen molar-refractivity contribution in [1.29, 1.82) is 0 Å². The summed E-state index contributed by atoms with van der Waals surface area (Å²) in [6.07, 6.45) is 2.53. The summed E-state index contributed by atoms with van der Waals surface area (Å²) in [6.45, 7) is 0.192. The Bertz CT molecular complexity index is 1360. The molecule has 0 aliphatic heterocycles. The molecule has 30 heavy (non-hydrogen) atoms. The molecular formula is C22H22N4O4. The number of para-hydroxylation sites is 2. The van der Waals surface area contributed by atoms with Crippen molar-refractivity contribution in [3.63, 3.8) is 0 Å². The Kier molecular flexibility index (Phi) is 5.14. The minimum absolute atomic E-state index is 0.211. The van der Waals surface area contributed by atoms with Gasteiger partial charge in [-0.15, -0.1) is 0 Å². The fraction of sp³-hybridized carbons (Fsp3) is 0.227. The summed E-state index contributed by atoms with van der Waals surface area (Å²) >= 11 is 0. The van der Waals surface area contributed by atoms with Crippen LogP contribution in [0.4, 0.5) is 0 Å². The molecule has 2 N–H and O–H groups in total. The highest BCUT2D eigenvalue weighted by Gasteiger charge is 2.13. The number of carbonyl (C=O) groups is 1. The largest absolute Gasteiger partial charge is 0.497 e. The molecular weight excluding hydrogens is 384 g/mol. The molecule has 0 radical (unpaired) electrons. The maximum Gasteiger partial charge on any atom is 0.317 e. The number of amides is 1. The van der Waals surface area contributed by atoms with Crippen molar-refractivity contribution in [2.75, 3.05) is 13.7 Å². The van der Waals surface area contributed by atoms with E-state index in [0.717, 1.165) is 22.2 Å². The van der Waals surface area contributed by atoms with Gasteiger partial charge in [0.05, 0.1) is 18.1 Å². The van der Waals surface area contributed by atoms with Crippen molar-refractivity contribution < 1.29 is 9.53 Å². The third-order valence-corrected chi connectivity index (χ3v) is 5.26. The first-order chi connectivity index (χ1) is 14.5. The molecule has 154 valence electrons. The summed E-state index contributed by atoms with van der Waals surface area (Å²) in [6, 6.07) is 12.8. The molecule has 4 rings (SSSR count). The highest BCUT2D eigenvalue weighted by atomic mass is 16.5. The van der Waals surface area contributed by atoms with Gasteiger partial charge in [0.25, 0.3) is 0 Å². The van der Waals surface area contributed by atoms with E-state index in [1.165, 1.54) is 9.13 Å². The van der Waals surface area contributed by atoms with Gasteiger partial charge in [0, 0.05) is 30.7 Å². The van der Waals surface area contributed by atoms with Gasteiger partial charge in [-0.1, -0.05) is 12.1 Å². The number of ether oxygens (including phenoxy) is 1. The van der Waals surface area contributed by atoms with Gasteiger partial charge in [-0.2, -0.15) is 0 Å². The second kappa shape index (κ2) is 7.90. The first-order valence-electron chi connectivity index (χ1n) is 9.59. The summed E-state index contributed by atoms with van der Waals surface area (Å²) in [4.78, 5) is 40.4. The molecule has 0 unspecified atom stereocenters. The van der Waals surface area contributed by atoms with Gasteiger partial charge in [0.1, 0.15) is 12.3 Å². The van der Waals surface area contributed by atoms with Crippen molar-refractivity contribution >= 4 is 27.8 Å². The summed E-state index contributed by atoms with van der Waals surface area (Å²) in [7, 11) is 3.17. The molecule has 0 aliphatic carbocycles. The molecule has 0 saturated heterocycles. The van der Waals surface area contributed by atoms with E-state index in [1.54, 1.807) is 38.4 Å². The number of aryl methyl sites for hydroxylation is 1. The third-order valence-electron chi connectivity index (χ3n) is 5.26. The SMILES string of the molecule is COc1ccc2[nH]cc(CCNC(=O)Cn3c(=O)c(=O)n(C)c4ccccc43)c2c1. The fourth-order valence-electron chi connectivity index (χ4n) is 3.64. The van der Waals surface area contributed by atoms with Crippen LogP contribution in [-0.2, 0) is 24.8 Å². The number of fused-ring (bicyclic) bond motifs is 2. The van der Waals surface area contributed by atoms with Crippen LogP contribution in [0.15, 0.2) is 58.3 Å². The minimum atomic E-state index is -0.713. The highest BCUT2D eigenvalue weighted by Crippen LogP contribution is 2.23. The van der Waals surface area contributed by atoms with Gasteiger partial charge < -0.3 is 19.6 Å². The van der Waals surface area contributed by atoms with E-state index < -0.39 is 11.1 Å². The van der Waals surface area contributed by atoms with Crippen LogP contribution in [0.25, 0.3) is 21.9 Å². The van der Waals surface area contributed by atoms with Crippen LogP contribution in [0, 0.1) is 0 Å². The van der Waals surface area contributed by atoms with E-state index in [-0.39, 0.29) is 12.5 Å². The molecule has 2 aromatic carbocycles. The number of hydrogen-bond acceptors (Lipinski definition) is 4. The monoisotopic (exact) mass is 406 g/mol. The molecule has 0 fully saturated rings. The zero-order valence-corrected chi connectivity index (χ0v) is 16.8. The Labute approximate surface area is 171 Å². The van der Waals surface area contributed by atoms with E-state index >= 15 is 0 Å². The molecule has 1 amide bonds. The van der Waals surface area contributed by atoms with Gasteiger partial charge in [-0.3, -0.25) is 19.0 Å². The van der Waals surface area contributed by atoms with Crippen molar-refractivity contribution in [1.82, 2.24) is 19.4 Å². The van der Waals surface area contributed by atoms with Crippen molar-refractivity contribution in [3.8, 4) is 5.75 Å². The van der Waals surface area contributed by atoms with Gasteiger partial charge in [0.2, 0.25) is 5.91 Å². The quantitative estimate of drug-likeness (QED) is 0.475. The molecule has 0 saturated carbocycles. The van der Waals surface area contributed by atoms with Gasteiger partial charge >= 0.3 is 11.1 Å². The number of methoxy groups -OCH3 is 1. The van der Waals surface area contributed by atoms with Crippen LogP contribution in [0.5, 0.6) is 5.75 Å². The molecule has 8 nitrogen and oxygen atoms in total. The molecule has 4 aromatic rings. The molecule has 0 aliphatic rings. The number of benzene rings is 2. The number of aromatic amines is 1. The summed E-state index contributed by atoms with van der Waals surface area (Å²) in [5, 5.41) is 3.88. The highest BCUT2D eigenvalue weighted by molar-refractivity contribution is 5.85. The third kappa shape index (κ3) is 3.47. The Morgan fingerprint density at radius 1 is 1.10 bits per heavy atom. The van der Waals surface area contributed by atoms with E-state index in [1.807, 2.05) is 24.4 Å². The van der Waals surface area contributed by atoms with E-state index in [9.17, 15) is 14.4 Å². The number of H-pyrrole nitrogens is 1. The average molecular weight is 406 g/mol. The number of aromatic nitrogens is 3. The normalized spacial score (nSPS) is 11.1. The van der Waals surface area contributed by atoms with Crippen molar-refractivity contribution in [2.24, 2.45) is 7.05 Å². The summed E-state index contributed by atoms with van der Waals surface area (Å²) in [5.41, 5.74) is 1.83. The van der Waals surface area contributed by atoms with E-state index in [0.29, 0.717) is 24.0 Å². The summed E-state index contributed by atoms with van der Waals surface area (Å²) < 4.78 is 7.81. The minimum Gasteiger partial charge on any atom is -0.497 e. The Morgan fingerprint density at radius 2 is 1.87 bits per heavy atom. The van der Waals surface area contributed by atoms with Crippen LogP contribution in [0.1, 0.15) is 5.56 Å². The fourth-order valence-corrected chi connectivity index (χ4v) is 3.64. The molecule has 2 heterocycles. The lowest BCUT2D eigenvalue weighted by Crippen LogP contribution is -2.43. The first-order valence-corrected chi connectivity index (χ1v) is 9.59. The number of rotatable bonds is 6. The lowest BCUT2D eigenvalue weighted by atomic mass is 10.1. The van der Waals surface area contributed by atoms with Crippen LogP contribution >= 0.6 is 0 Å². The average Bonchev–Trinajstić information content (AvgIpc) is 3.17. The zero-order chi connectivity index (χ0) is 21.3. The van der Waals surface area contributed by atoms with Crippen LogP contribution < -0.4 is 21.2 Å². The second-order valence-corrected chi connectivity index (χ2v) is 7.07. The Hall–Kier alpha value is -3.81. The van der Waals surface area contributed by atoms with Crippen molar-refractivity contribution in [3.05, 3.63) is 74.9 Å². The number of carbonyl (C=O) groups excluding carboxylic acids is 1.